The molecule has 0 unspecified atom stereocenters. The standard InChI is InChI=1S/C22H35N3O5S/c1-17-13-18(2)16-24(15-17)8-4-7-23-31(27,28)19-5-6-21(29-3)20(14-19)22(26)25-9-11-30-12-10-25/h5-6,14,17-18,23H,4,7-13,15-16H2,1-3H3/t17-,18-/m1/s1. The van der Waals surface area contributed by atoms with Crippen LogP contribution in [0, 0.1) is 11.8 Å². The Balaban J connectivity index is 1.61. The maximum atomic E-state index is 12.9. The van der Waals surface area contributed by atoms with E-state index in [1.807, 2.05) is 0 Å². The first-order valence-electron chi connectivity index (χ1n) is 11.1. The number of piperidine rings is 1. The topological polar surface area (TPSA) is 88.2 Å². The largest absolute Gasteiger partial charge is 0.496 e. The number of rotatable bonds is 8. The molecule has 1 amide bonds. The van der Waals surface area contributed by atoms with Crippen molar-refractivity contribution in [2.45, 2.75) is 31.6 Å². The van der Waals surface area contributed by atoms with E-state index in [0.717, 1.165) is 26.1 Å². The van der Waals surface area contributed by atoms with Crippen molar-refractivity contribution in [2.24, 2.45) is 11.8 Å². The molecule has 0 saturated carbocycles. The van der Waals surface area contributed by atoms with Crippen LogP contribution in [0.2, 0.25) is 0 Å². The van der Waals surface area contributed by atoms with E-state index < -0.39 is 10.0 Å². The zero-order valence-corrected chi connectivity index (χ0v) is 19.6. The molecule has 0 radical (unpaired) electrons. The molecular weight excluding hydrogens is 418 g/mol. The SMILES string of the molecule is COc1ccc(S(=O)(=O)NCCCN2C[C@H](C)C[C@@H](C)C2)cc1C(=O)N1CCOCC1. The van der Waals surface area contributed by atoms with Crippen molar-refractivity contribution >= 4 is 15.9 Å². The van der Waals surface area contributed by atoms with Crippen LogP contribution in [0.3, 0.4) is 0 Å². The number of sulfonamides is 1. The Labute approximate surface area is 185 Å². The number of morpholine rings is 1. The summed E-state index contributed by atoms with van der Waals surface area (Å²) in [6.45, 7) is 9.82. The van der Waals surface area contributed by atoms with Crippen LogP contribution >= 0.6 is 0 Å². The summed E-state index contributed by atoms with van der Waals surface area (Å²) in [6.07, 6.45) is 2.00. The number of amides is 1. The van der Waals surface area contributed by atoms with E-state index in [1.165, 1.54) is 25.7 Å². The summed E-state index contributed by atoms with van der Waals surface area (Å²) >= 11 is 0. The average molecular weight is 454 g/mol. The second-order valence-electron chi connectivity index (χ2n) is 8.72. The van der Waals surface area contributed by atoms with E-state index in [1.54, 1.807) is 11.0 Å². The van der Waals surface area contributed by atoms with Crippen LogP contribution in [0.5, 0.6) is 5.75 Å². The van der Waals surface area contributed by atoms with Gasteiger partial charge in [0.2, 0.25) is 10.0 Å². The van der Waals surface area contributed by atoms with Gasteiger partial charge in [-0.3, -0.25) is 4.79 Å². The van der Waals surface area contributed by atoms with Crippen molar-refractivity contribution < 1.29 is 22.7 Å². The number of methoxy groups -OCH3 is 1. The van der Waals surface area contributed by atoms with E-state index in [4.69, 9.17) is 9.47 Å². The summed E-state index contributed by atoms with van der Waals surface area (Å²) in [5, 5.41) is 0. The molecule has 2 fully saturated rings. The number of ether oxygens (including phenoxy) is 2. The monoisotopic (exact) mass is 453 g/mol. The minimum atomic E-state index is -3.72. The van der Waals surface area contributed by atoms with E-state index in [9.17, 15) is 13.2 Å². The van der Waals surface area contributed by atoms with Crippen molar-refractivity contribution in [2.75, 3.05) is 59.6 Å². The van der Waals surface area contributed by atoms with Gasteiger partial charge in [-0.2, -0.15) is 0 Å². The molecule has 8 nitrogen and oxygen atoms in total. The quantitative estimate of drug-likeness (QED) is 0.604. The van der Waals surface area contributed by atoms with Gasteiger partial charge in [-0.1, -0.05) is 13.8 Å². The van der Waals surface area contributed by atoms with Gasteiger partial charge in [-0.15, -0.1) is 0 Å². The van der Waals surface area contributed by atoms with Crippen molar-refractivity contribution in [3.63, 3.8) is 0 Å². The molecule has 1 aromatic rings. The van der Waals surface area contributed by atoms with Crippen molar-refractivity contribution in [3.05, 3.63) is 23.8 Å². The van der Waals surface area contributed by atoms with Gasteiger partial charge in [-0.25, -0.2) is 13.1 Å². The minimum absolute atomic E-state index is 0.0742. The molecule has 9 heteroatoms. The molecule has 0 aliphatic carbocycles. The fourth-order valence-corrected chi connectivity index (χ4v) is 5.63. The Hall–Kier alpha value is -1.68. The van der Waals surface area contributed by atoms with Gasteiger partial charge in [0.1, 0.15) is 5.75 Å². The van der Waals surface area contributed by atoms with E-state index >= 15 is 0 Å². The first kappa shape index (κ1) is 24.0. The number of likely N-dealkylation sites (tertiary alicyclic amines) is 1. The molecule has 2 aliphatic rings. The van der Waals surface area contributed by atoms with Gasteiger partial charge in [0.05, 0.1) is 30.8 Å². The summed E-state index contributed by atoms with van der Waals surface area (Å²) in [6, 6.07) is 4.43. The molecule has 2 saturated heterocycles. The lowest BCUT2D eigenvalue weighted by Gasteiger charge is -2.34. The van der Waals surface area contributed by atoms with E-state index in [2.05, 4.69) is 23.5 Å². The molecular formula is C22H35N3O5S. The number of hydrogen-bond donors (Lipinski definition) is 1. The maximum absolute atomic E-state index is 12.9. The highest BCUT2D eigenvalue weighted by molar-refractivity contribution is 7.89. The van der Waals surface area contributed by atoms with Gasteiger partial charge >= 0.3 is 0 Å². The Kier molecular flexibility index (Phi) is 8.32. The van der Waals surface area contributed by atoms with Crippen LogP contribution in [-0.4, -0.2) is 83.7 Å². The zero-order valence-electron chi connectivity index (χ0n) is 18.8. The fourth-order valence-electron chi connectivity index (χ4n) is 4.53. The molecule has 1 N–H and O–H groups in total. The summed E-state index contributed by atoms with van der Waals surface area (Å²) in [4.78, 5) is 17.1. The van der Waals surface area contributed by atoms with Crippen molar-refractivity contribution in [1.82, 2.24) is 14.5 Å². The van der Waals surface area contributed by atoms with Gasteiger partial charge in [0.25, 0.3) is 5.91 Å². The normalized spacial score (nSPS) is 23.0. The third-order valence-electron chi connectivity index (χ3n) is 5.90. The Morgan fingerprint density at radius 1 is 1.19 bits per heavy atom. The number of benzene rings is 1. The molecule has 31 heavy (non-hydrogen) atoms. The Morgan fingerprint density at radius 2 is 1.87 bits per heavy atom. The first-order valence-corrected chi connectivity index (χ1v) is 12.6. The summed E-state index contributed by atoms with van der Waals surface area (Å²) in [5.74, 6) is 1.48. The number of hydrogen-bond acceptors (Lipinski definition) is 6. The lowest BCUT2D eigenvalue weighted by Crippen LogP contribution is -2.41. The van der Waals surface area contributed by atoms with Crippen molar-refractivity contribution in [3.8, 4) is 5.75 Å². The predicted octanol–water partition coefficient (Wildman–Crippen LogP) is 1.81. The summed E-state index contributed by atoms with van der Waals surface area (Å²) in [7, 11) is -2.24. The van der Waals surface area contributed by atoms with Crippen LogP contribution in [0.4, 0.5) is 0 Å². The smallest absolute Gasteiger partial charge is 0.257 e. The highest BCUT2D eigenvalue weighted by Gasteiger charge is 2.25. The fraction of sp³-hybridized carbons (Fsp3) is 0.682. The van der Waals surface area contributed by atoms with Crippen LogP contribution < -0.4 is 9.46 Å². The second kappa shape index (κ2) is 10.8. The van der Waals surface area contributed by atoms with Crippen LogP contribution in [0.1, 0.15) is 37.0 Å². The molecule has 2 atom stereocenters. The maximum Gasteiger partial charge on any atom is 0.257 e. The van der Waals surface area contributed by atoms with Crippen LogP contribution in [0.25, 0.3) is 0 Å². The zero-order chi connectivity index (χ0) is 22.4. The average Bonchev–Trinajstić information content (AvgIpc) is 2.75. The molecule has 0 bridgehead atoms. The van der Waals surface area contributed by atoms with Gasteiger partial charge < -0.3 is 19.3 Å². The Morgan fingerprint density at radius 3 is 2.52 bits per heavy atom. The second-order valence-corrected chi connectivity index (χ2v) is 10.5. The third kappa shape index (κ3) is 6.41. The predicted molar refractivity (Wildman–Crippen MR) is 119 cm³/mol. The number of nitrogens with one attached hydrogen (secondary N) is 1. The third-order valence-corrected chi connectivity index (χ3v) is 7.36. The van der Waals surface area contributed by atoms with E-state index in [-0.39, 0.29) is 16.4 Å². The highest BCUT2D eigenvalue weighted by atomic mass is 32.2. The van der Waals surface area contributed by atoms with Gasteiger partial charge in [0.15, 0.2) is 0 Å². The molecule has 0 aromatic heterocycles. The molecule has 3 rings (SSSR count). The van der Waals surface area contributed by atoms with E-state index in [0.29, 0.717) is 50.4 Å². The van der Waals surface area contributed by atoms with Gasteiger partial charge in [-0.05, 0) is 49.4 Å². The lowest BCUT2D eigenvalue weighted by atomic mass is 9.92. The molecule has 1 aromatic carbocycles. The number of carbonyl (C=O) groups is 1. The minimum Gasteiger partial charge on any atom is -0.496 e. The molecule has 2 heterocycles. The number of carbonyl (C=O) groups excluding carboxylic acids is 1. The molecule has 0 spiro atoms. The van der Waals surface area contributed by atoms with Gasteiger partial charge in [0, 0.05) is 32.7 Å². The van der Waals surface area contributed by atoms with Crippen molar-refractivity contribution in [1.29, 1.82) is 0 Å². The molecule has 174 valence electrons. The first-order chi connectivity index (χ1) is 14.8. The van der Waals surface area contributed by atoms with Crippen LogP contribution in [-0.2, 0) is 14.8 Å². The Bertz CT molecular complexity index is 845. The summed E-state index contributed by atoms with van der Waals surface area (Å²) < 4.78 is 38.9. The highest BCUT2D eigenvalue weighted by Crippen LogP contribution is 2.25. The van der Waals surface area contributed by atoms with Crippen LogP contribution in [0.15, 0.2) is 23.1 Å². The summed E-state index contributed by atoms with van der Waals surface area (Å²) in [5.41, 5.74) is 0.253. The number of nitrogens with zero attached hydrogens (tertiary/aromatic N) is 2. The lowest BCUT2D eigenvalue weighted by molar-refractivity contribution is 0.0300. The molecule has 2 aliphatic heterocycles.